The van der Waals surface area contributed by atoms with E-state index in [0.717, 1.165) is 11.6 Å². The van der Waals surface area contributed by atoms with E-state index in [9.17, 15) is 14.5 Å². The molecular weight excluding hydrogens is 237 g/mol. The number of benzene rings is 1. The molecule has 1 aromatic heterocycles. The van der Waals surface area contributed by atoms with E-state index in [-0.39, 0.29) is 22.8 Å². The Hall–Kier alpha value is -2.50. The Labute approximate surface area is 102 Å². The number of aryl methyl sites for hydroxylation is 1. The van der Waals surface area contributed by atoms with Crippen LogP contribution in [0.3, 0.4) is 0 Å². The van der Waals surface area contributed by atoms with Crippen molar-refractivity contribution >= 4 is 11.5 Å². The van der Waals surface area contributed by atoms with Crippen molar-refractivity contribution in [1.82, 2.24) is 4.98 Å². The third kappa shape index (κ3) is 2.27. The van der Waals surface area contributed by atoms with Crippen molar-refractivity contribution in [3.63, 3.8) is 0 Å². The van der Waals surface area contributed by atoms with E-state index in [1.165, 1.54) is 12.1 Å². The number of rotatable bonds is 2. The number of hydrogen-bond acceptors (Lipinski definition) is 4. The molecule has 0 fully saturated rings. The normalized spacial score (nSPS) is 10.3. The second-order valence-electron chi connectivity index (χ2n) is 3.88. The van der Waals surface area contributed by atoms with Crippen molar-refractivity contribution in [2.75, 3.05) is 5.73 Å². The standard InChI is InChI=1S/C12H10FN3O2/c1-7-2-3-10(13)9(4-7)11-5-8(16(17)18)6-12(14)15-11/h2-6H,1H3,(H2,14,15). The van der Waals surface area contributed by atoms with Crippen LogP contribution >= 0.6 is 0 Å². The number of nitrogens with zero attached hydrogens (tertiary/aromatic N) is 2. The molecule has 0 aliphatic rings. The van der Waals surface area contributed by atoms with Gasteiger partial charge in [0, 0.05) is 11.6 Å². The van der Waals surface area contributed by atoms with E-state index in [4.69, 9.17) is 5.73 Å². The number of nitro groups is 1. The van der Waals surface area contributed by atoms with Crippen LogP contribution in [0.1, 0.15) is 5.56 Å². The predicted molar refractivity (Wildman–Crippen MR) is 65.4 cm³/mol. The lowest BCUT2D eigenvalue weighted by atomic mass is 10.1. The van der Waals surface area contributed by atoms with E-state index in [2.05, 4.69) is 4.98 Å². The van der Waals surface area contributed by atoms with Crippen LogP contribution in [0, 0.1) is 22.9 Å². The highest BCUT2D eigenvalue weighted by Gasteiger charge is 2.13. The van der Waals surface area contributed by atoms with Gasteiger partial charge in [-0.05, 0) is 19.1 Å². The van der Waals surface area contributed by atoms with Crippen LogP contribution in [0.5, 0.6) is 0 Å². The number of nitrogen functional groups attached to an aromatic ring is 1. The summed E-state index contributed by atoms with van der Waals surface area (Å²) in [6.07, 6.45) is 0. The molecule has 2 N–H and O–H groups in total. The number of hydrogen-bond donors (Lipinski definition) is 1. The third-order valence-electron chi connectivity index (χ3n) is 2.44. The lowest BCUT2D eigenvalue weighted by Gasteiger charge is -2.05. The van der Waals surface area contributed by atoms with Crippen LogP contribution in [-0.4, -0.2) is 9.91 Å². The summed E-state index contributed by atoms with van der Waals surface area (Å²) in [6, 6.07) is 6.81. The summed E-state index contributed by atoms with van der Waals surface area (Å²) < 4.78 is 13.7. The summed E-state index contributed by atoms with van der Waals surface area (Å²) in [5.41, 5.74) is 6.46. The smallest absolute Gasteiger partial charge is 0.275 e. The molecule has 0 bridgehead atoms. The Morgan fingerprint density at radius 3 is 2.72 bits per heavy atom. The molecule has 0 unspecified atom stereocenters. The maximum Gasteiger partial charge on any atom is 0.275 e. The summed E-state index contributed by atoms with van der Waals surface area (Å²) in [7, 11) is 0. The first kappa shape index (κ1) is 12.0. The number of aromatic nitrogens is 1. The van der Waals surface area contributed by atoms with E-state index >= 15 is 0 Å². The molecule has 6 heteroatoms. The lowest BCUT2D eigenvalue weighted by Crippen LogP contribution is -1.98. The van der Waals surface area contributed by atoms with Gasteiger partial charge in [-0.25, -0.2) is 9.37 Å². The molecule has 0 saturated heterocycles. The average molecular weight is 247 g/mol. The van der Waals surface area contributed by atoms with Crippen LogP contribution < -0.4 is 5.73 Å². The number of pyridine rings is 1. The molecule has 1 heterocycles. The molecule has 2 aromatic rings. The molecule has 0 amide bonds. The fourth-order valence-electron chi connectivity index (χ4n) is 1.62. The summed E-state index contributed by atoms with van der Waals surface area (Å²) in [6.45, 7) is 1.80. The van der Waals surface area contributed by atoms with Crippen LogP contribution in [0.2, 0.25) is 0 Å². The molecule has 0 radical (unpaired) electrons. The van der Waals surface area contributed by atoms with Gasteiger partial charge >= 0.3 is 0 Å². The van der Waals surface area contributed by atoms with Gasteiger partial charge in [-0.15, -0.1) is 0 Å². The Balaban J connectivity index is 2.63. The number of anilines is 1. The van der Waals surface area contributed by atoms with Gasteiger partial charge in [0.15, 0.2) is 0 Å². The van der Waals surface area contributed by atoms with Gasteiger partial charge < -0.3 is 5.73 Å². The van der Waals surface area contributed by atoms with Gasteiger partial charge in [-0.1, -0.05) is 11.6 Å². The van der Waals surface area contributed by atoms with Crippen molar-refractivity contribution in [2.45, 2.75) is 6.92 Å². The molecule has 0 atom stereocenters. The largest absolute Gasteiger partial charge is 0.383 e. The minimum absolute atomic E-state index is 0.0138. The van der Waals surface area contributed by atoms with Crippen LogP contribution in [0.15, 0.2) is 30.3 Å². The van der Waals surface area contributed by atoms with Gasteiger partial charge in [0.2, 0.25) is 0 Å². The van der Waals surface area contributed by atoms with Gasteiger partial charge in [0.1, 0.15) is 11.6 Å². The zero-order valence-corrected chi connectivity index (χ0v) is 9.55. The van der Waals surface area contributed by atoms with Crippen molar-refractivity contribution in [3.8, 4) is 11.3 Å². The summed E-state index contributed by atoms with van der Waals surface area (Å²) in [4.78, 5) is 14.1. The summed E-state index contributed by atoms with van der Waals surface area (Å²) in [5.74, 6) is -0.506. The Kier molecular flexibility index (Phi) is 2.93. The van der Waals surface area contributed by atoms with Crippen LogP contribution in [0.25, 0.3) is 11.3 Å². The van der Waals surface area contributed by atoms with Crippen LogP contribution in [-0.2, 0) is 0 Å². The zero-order chi connectivity index (χ0) is 13.3. The molecule has 92 valence electrons. The van der Waals surface area contributed by atoms with Gasteiger partial charge in [-0.2, -0.15) is 0 Å². The molecule has 2 rings (SSSR count). The number of nitrogens with two attached hydrogens (primary N) is 1. The number of halogens is 1. The van der Waals surface area contributed by atoms with Gasteiger partial charge in [0.25, 0.3) is 5.69 Å². The Morgan fingerprint density at radius 2 is 2.06 bits per heavy atom. The maximum absolute atomic E-state index is 13.7. The fourth-order valence-corrected chi connectivity index (χ4v) is 1.62. The first-order chi connectivity index (χ1) is 8.47. The van der Waals surface area contributed by atoms with E-state index in [1.807, 2.05) is 0 Å². The van der Waals surface area contributed by atoms with Gasteiger partial charge in [-0.3, -0.25) is 10.1 Å². The monoisotopic (exact) mass is 247 g/mol. The predicted octanol–water partition coefficient (Wildman–Crippen LogP) is 2.69. The quantitative estimate of drug-likeness (QED) is 0.653. The van der Waals surface area contributed by atoms with E-state index in [0.29, 0.717) is 0 Å². The van der Waals surface area contributed by atoms with Crippen molar-refractivity contribution in [1.29, 1.82) is 0 Å². The molecule has 0 saturated carbocycles. The molecule has 5 nitrogen and oxygen atoms in total. The highest BCUT2D eigenvalue weighted by atomic mass is 19.1. The summed E-state index contributed by atoms with van der Waals surface area (Å²) >= 11 is 0. The minimum atomic E-state index is -0.588. The minimum Gasteiger partial charge on any atom is -0.383 e. The first-order valence-electron chi connectivity index (χ1n) is 5.16. The molecule has 1 aromatic carbocycles. The van der Waals surface area contributed by atoms with E-state index < -0.39 is 10.7 Å². The van der Waals surface area contributed by atoms with Crippen molar-refractivity contribution < 1.29 is 9.31 Å². The summed E-state index contributed by atoms with van der Waals surface area (Å²) in [5, 5.41) is 10.7. The molecule has 18 heavy (non-hydrogen) atoms. The van der Waals surface area contributed by atoms with Crippen molar-refractivity contribution in [3.05, 3.63) is 51.8 Å². The second-order valence-corrected chi connectivity index (χ2v) is 3.88. The van der Waals surface area contributed by atoms with E-state index in [1.54, 1.807) is 19.1 Å². The average Bonchev–Trinajstić information content (AvgIpc) is 2.31. The third-order valence-corrected chi connectivity index (χ3v) is 2.44. The lowest BCUT2D eigenvalue weighted by molar-refractivity contribution is -0.384. The second kappa shape index (κ2) is 4.40. The highest BCUT2D eigenvalue weighted by molar-refractivity contribution is 5.65. The Morgan fingerprint density at radius 1 is 1.33 bits per heavy atom. The maximum atomic E-state index is 13.7. The molecular formula is C12H10FN3O2. The molecule has 0 aliphatic heterocycles. The fraction of sp³-hybridized carbons (Fsp3) is 0.0833. The van der Waals surface area contributed by atoms with Gasteiger partial charge in [0.05, 0.1) is 16.7 Å². The molecule has 0 spiro atoms. The topological polar surface area (TPSA) is 82.0 Å². The first-order valence-corrected chi connectivity index (χ1v) is 5.16. The Bertz CT molecular complexity index is 629. The van der Waals surface area contributed by atoms with Crippen molar-refractivity contribution in [2.24, 2.45) is 0 Å². The van der Waals surface area contributed by atoms with Crippen LogP contribution in [0.4, 0.5) is 15.9 Å². The molecule has 0 aliphatic carbocycles. The SMILES string of the molecule is Cc1ccc(F)c(-c2cc([N+](=O)[O-])cc(N)n2)c1. The zero-order valence-electron chi connectivity index (χ0n) is 9.55. The highest BCUT2D eigenvalue weighted by Crippen LogP contribution is 2.26.